The zero-order valence-corrected chi connectivity index (χ0v) is 6.23. The van der Waals surface area contributed by atoms with E-state index in [-0.39, 0.29) is 6.61 Å². The highest BCUT2D eigenvalue weighted by molar-refractivity contribution is 5.28. The van der Waals surface area contributed by atoms with Crippen LogP contribution >= 0.6 is 0 Å². The van der Waals surface area contributed by atoms with Gasteiger partial charge in [-0.1, -0.05) is 12.1 Å². The van der Waals surface area contributed by atoms with Crippen LogP contribution in [0.5, 0.6) is 0 Å². The summed E-state index contributed by atoms with van der Waals surface area (Å²) in [7, 11) is 0. The van der Waals surface area contributed by atoms with Gasteiger partial charge in [0.1, 0.15) is 0 Å². The van der Waals surface area contributed by atoms with E-state index in [0.29, 0.717) is 0 Å². The maximum atomic E-state index is 8.81. The molecule has 52 valence electrons. The normalized spacial score (nSPS) is 9.10. The lowest BCUT2D eigenvalue weighted by atomic mass is 10.1. The maximum Gasteiger partial charge on any atom is 0.0690 e. The van der Waals surface area contributed by atoms with Gasteiger partial charge in [0.15, 0.2) is 0 Å². The zero-order valence-electron chi connectivity index (χ0n) is 6.23. The molecule has 0 saturated heterocycles. The standard InChI is InChI=1S/C9H10O/c1-7-4-3-5-9(6-10)8(7)2/h5,10H,6H2,1-2H3. The molecule has 10 heavy (non-hydrogen) atoms. The quantitative estimate of drug-likeness (QED) is 0.615. The van der Waals surface area contributed by atoms with E-state index in [1.165, 1.54) is 0 Å². The van der Waals surface area contributed by atoms with Gasteiger partial charge in [-0.2, -0.15) is 0 Å². The molecule has 0 heterocycles. The smallest absolute Gasteiger partial charge is 0.0690 e. The Balaban J connectivity index is 3.14. The van der Waals surface area contributed by atoms with Crippen molar-refractivity contribution in [3.63, 3.8) is 0 Å². The molecule has 0 aliphatic rings. The number of rotatable bonds is 1. The molecule has 0 saturated carbocycles. The fourth-order valence-corrected chi connectivity index (χ4v) is 0.839. The fraction of sp³-hybridized carbons (Fsp3) is 0.333. The highest BCUT2D eigenvalue weighted by atomic mass is 16.3. The maximum absolute atomic E-state index is 8.81. The number of aliphatic hydroxyl groups is 1. The van der Waals surface area contributed by atoms with E-state index in [1.807, 2.05) is 13.8 Å². The molecule has 0 atom stereocenters. The zero-order chi connectivity index (χ0) is 7.56. The average Bonchev–Trinajstić information content (AvgIpc) is 1.95. The third-order valence-electron chi connectivity index (χ3n) is 1.72. The predicted octanol–water partition coefficient (Wildman–Crippen LogP) is 1.40. The Hall–Kier alpha value is -1.00. The molecule has 0 spiro atoms. The predicted molar refractivity (Wildman–Crippen MR) is 39.5 cm³/mol. The molecule has 1 rings (SSSR count). The minimum atomic E-state index is 0.0951. The molecule has 0 aliphatic carbocycles. The summed E-state index contributed by atoms with van der Waals surface area (Å²) in [6.45, 7) is 4.04. The third kappa shape index (κ3) is 1.12. The monoisotopic (exact) mass is 134 g/mol. The first-order valence-electron chi connectivity index (χ1n) is 3.25. The fourth-order valence-electron chi connectivity index (χ4n) is 0.839. The SMILES string of the molecule is Cc1c#ccc(CO)c1C. The molecule has 0 fully saturated rings. The molecule has 0 amide bonds. The highest BCUT2D eigenvalue weighted by Crippen LogP contribution is 2.08. The van der Waals surface area contributed by atoms with Gasteiger partial charge in [-0.05, 0) is 31.0 Å². The van der Waals surface area contributed by atoms with Crippen LogP contribution in [0, 0.1) is 26.0 Å². The van der Waals surface area contributed by atoms with Crippen LogP contribution in [0.1, 0.15) is 16.7 Å². The molecule has 0 unspecified atom stereocenters. The molecular formula is C9H10O. The van der Waals surface area contributed by atoms with Crippen LogP contribution in [0.25, 0.3) is 0 Å². The number of hydrogen-bond donors (Lipinski definition) is 1. The van der Waals surface area contributed by atoms with E-state index in [0.717, 1.165) is 16.7 Å². The van der Waals surface area contributed by atoms with Crippen LogP contribution < -0.4 is 0 Å². The topological polar surface area (TPSA) is 20.2 Å². The largest absolute Gasteiger partial charge is 0.392 e. The summed E-state index contributed by atoms with van der Waals surface area (Å²) in [6, 6.07) is 7.54. The van der Waals surface area contributed by atoms with Gasteiger partial charge in [0, 0.05) is 5.56 Å². The van der Waals surface area contributed by atoms with E-state index < -0.39 is 0 Å². The Labute approximate surface area is 61.3 Å². The Morgan fingerprint density at radius 3 is 2.70 bits per heavy atom. The summed E-state index contributed by atoms with van der Waals surface area (Å²) in [4.78, 5) is 0. The number of aliphatic hydroxyl groups excluding tert-OH is 1. The molecule has 1 N–H and O–H groups in total. The molecule has 0 aliphatic heterocycles. The summed E-state index contributed by atoms with van der Waals surface area (Å²) in [5, 5.41) is 8.81. The molecule has 0 bridgehead atoms. The minimum absolute atomic E-state index is 0.0951. The Morgan fingerprint density at radius 2 is 2.20 bits per heavy atom. The molecular weight excluding hydrogens is 124 g/mol. The van der Waals surface area contributed by atoms with Crippen LogP contribution in [0.2, 0.25) is 0 Å². The van der Waals surface area contributed by atoms with Crippen LogP contribution in [-0.4, -0.2) is 5.11 Å². The molecule has 0 aromatic heterocycles. The van der Waals surface area contributed by atoms with Crippen molar-refractivity contribution in [3.8, 4) is 0 Å². The second kappa shape index (κ2) is 2.72. The van der Waals surface area contributed by atoms with Gasteiger partial charge < -0.3 is 5.11 Å². The van der Waals surface area contributed by atoms with Crippen molar-refractivity contribution in [2.45, 2.75) is 20.5 Å². The van der Waals surface area contributed by atoms with Crippen molar-refractivity contribution in [1.29, 1.82) is 0 Å². The molecule has 0 radical (unpaired) electrons. The Bertz CT molecular complexity index is 228. The number of hydrogen-bond acceptors (Lipinski definition) is 1. The summed E-state index contributed by atoms with van der Waals surface area (Å²) in [6.07, 6.45) is 0. The van der Waals surface area contributed by atoms with Gasteiger partial charge in [0.05, 0.1) is 6.61 Å². The Morgan fingerprint density at radius 1 is 1.50 bits per heavy atom. The first-order valence-corrected chi connectivity index (χ1v) is 3.25. The highest BCUT2D eigenvalue weighted by Gasteiger charge is 1.96. The molecule has 1 aromatic carbocycles. The molecule has 1 aromatic rings. The first kappa shape index (κ1) is 7.11. The van der Waals surface area contributed by atoms with Crippen molar-refractivity contribution >= 4 is 0 Å². The third-order valence-corrected chi connectivity index (χ3v) is 1.72. The molecule has 1 heteroatoms. The van der Waals surface area contributed by atoms with E-state index in [1.54, 1.807) is 6.07 Å². The lowest BCUT2D eigenvalue weighted by molar-refractivity contribution is 0.281. The van der Waals surface area contributed by atoms with Gasteiger partial charge in [0.2, 0.25) is 0 Å². The van der Waals surface area contributed by atoms with E-state index in [9.17, 15) is 0 Å². The average molecular weight is 134 g/mol. The van der Waals surface area contributed by atoms with Crippen molar-refractivity contribution in [1.82, 2.24) is 0 Å². The van der Waals surface area contributed by atoms with Crippen molar-refractivity contribution in [2.75, 3.05) is 0 Å². The van der Waals surface area contributed by atoms with E-state index in [4.69, 9.17) is 5.11 Å². The molecule has 1 nitrogen and oxygen atoms in total. The van der Waals surface area contributed by atoms with Crippen LogP contribution in [0.3, 0.4) is 0 Å². The second-order valence-electron chi connectivity index (χ2n) is 2.35. The van der Waals surface area contributed by atoms with Crippen molar-refractivity contribution in [2.24, 2.45) is 0 Å². The van der Waals surface area contributed by atoms with Crippen LogP contribution in [-0.2, 0) is 6.61 Å². The van der Waals surface area contributed by atoms with E-state index in [2.05, 4.69) is 12.1 Å². The van der Waals surface area contributed by atoms with Gasteiger partial charge in [-0.25, -0.2) is 0 Å². The van der Waals surface area contributed by atoms with Gasteiger partial charge in [-0.15, -0.1) is 0 Å². The summed E-state index contributed by atoms with van der Waals surface area (Å²) >= 11 is 0. The second-order valence-corrected chi connectivity index (χ2v) is 2.35. The van der Waals surface area contributed by atoms with Gasteiger partial charge >= 0.3 is 0 Å². The van der Waals surface area contributed by atoms with Crippen LogP contribution in [0.4, 0.5) is 0 Å². The lowest BCUT2D eigenvalue weighted by Gasteiger charge is -1.99. The van der Waals surface area contributed by atoms with Gasteiger partial charge in [-0.3, -0.25) is 0 Å². The summed E-state index contributed by atoms with van der Waals surface area (Å²) in [5.74, 6) is 0. The van der Waals surface area contributed by atoms with Crippen molar-refractivity contribution in [3.05, 3.63) is 34.9 Å². The van der Waals surface area contributed by atoms with Crippen molar-refractivity contribution < 1.29 is 5.11 Å². The summed E-state index contributed by atoms with van der Waals surface area (Å²) in [5.41, 5.74) is 3.11. The first-order chi connectivity index (χ1) is 4.75. The van der Waals surface area contributed by atoms with Gasteiger partial charge in [0.25, 0.3) is 0 Å². The lowest BCUT2D eigenvalue weighted by Crippen LogP contribution is -1.88. The minimum Gasteiger partial charge on any atom is -0.392 e. The van der Waals surface area contributed by atoms with Crippen LogP contribution in [0.15, 0.2) is 6.07 Å². The Kier molecular flexibility index (Phi) is 1.94. The van der Waals surface area contributed by atoms with E-state index >= 15 is 0 Å². The summed E-state index contributed by atoms with van der Waals surface area (Å²) < 4.78 is 0.